The maximum atomic E-state index is 14.0. The van der Waals surface area contributed by atoms with Crippen LogP contribution in [0.25, 0.3) is 10.8 Å². The Labute approximate surface area is 147 Å². The molecule has 1 aromatic heterocycles. The zero-order chi connectivity index (χ0) is 17.4. The summed E-state index contributed by atoms with van der Waals surface area (Å²) in [6.07, 6.45) is 3.61. The van der Waals surface area contributed by atoms with Crippen molar-refractivity contribution in [2.45, 2.75) is 52.2 Å². The summed E-state index contributed by atoms with van der Waals surface area (Å²) in [5.41, 5.74) is 3.67. The molecule has 2 heterocycles. The molecule has 0 fully saturated rings. The molecule has 0 radical (unpaired) electrons. The molecule has 3 aromatic rings. The molecule has 3 nitrogen and oxygen atoms in total. The van der Waals surface area contributed by atoms with E-state index in [-0.39, 0.29) is 11.9 Å². The molecule has 2 aromatic carbocycles. The van der Waals surface area contributed by atoms with E-state index in [0.29, 0.717) is 5.39 Å². The zero-order valence-corrected chi connectivity index (χ0v) is 14.8. The molecule has 4 rings (SSSR count). The Morgan fingerprint density at radius 3 is 2.80 bits per heavy atom. The number of aryl methyl sites for hydroxylation is 1. The summed E-state index contributed by atoms with van der Waals surface area (Å²) in [5.74, 6) is 0.955. The van der Waals surface area contributed by atoms with Gasteiger partial charge in [0.15, 0.2) is 0 Å². The zero-order valence-electron chi connectivity index (χ0n) is 14.8. The van der Waals surface area contributed by atoms with Gasteiger partial charge in [-0.1, -0.05) is 30.3 Å². The Balaban J connectivity index is 1.58. The monoisotopic (exact) mass is 337 g/mol. The molecule has 0 bridgehead atoms. The summed E-state index contributed by atoms with van der Waals surface area (Å²) in [6.45, 7) is 6.06. The number of hydrogen-bond acceptors (Lipinski definition) is 2. The molecule has 25 heavy (non-hydrogen) atoms. The number of hydrogen-bond donors (Lipinski definition) is 1. The summed E-state index contributed by atoms with van der Waals surface area (Å²) in [7, 11) is 0. The fourth-order valence-electron chi connectivity index (χ4n) is 3.97. The van der Waals surface area contributed by atoms with Crippen LogP contribution in [0.2, 0.25) is 0 Å². The van der Waals surface area contributed by atoms with E-state index in [4.69, 9.17) is 4.98 Å². The Kier molecular flexibility index (Phi) is 4.30. The molecule has 0 aliphatic carbocycles. The molecule has 1 N–H and O–H groups in total. The van der Waals surface area contributed by atoms with Crippen LogP contribution in [0.1, 0.15) is 48.6 Å². The summed E-state index contributed by atoms with van der Waals surface area (Å²) < 4.78 is 16.4. The molecule has 1 aliphatic heterocycles. The number of benzene rings is 2. The van der Waals surface area contributed by atoms with Gasteiger partial charge in [0.2, 0.25) is 0 Å². The highest BCUT2D eigenvalue weighted by molar-refractivity contribution is 5.86. The van der Waals surface area contributed by atoms with Crippen molar-refractivity contribution in [3.8, 4) is 0 Å². The van der Waals surface area contributed by atoms with Gasteiger partial charge in [-0.3, -0.25) is 0 Å². The number of aromatic nitrogens is 2. The van der Waals surface area contributed by atoms with Crippen LogP contribution in [0, 0.1) is 12.7 Å². The molecule has 0 saturated heterocycles. The van der Waals surface area contributed by atoms with Crippen molar-refractivity contribution in [3.05, 3.63) is 65.0 Å². The second kappa shape index (κ2) is 6.60. The fraction of sp³-hybridized carbons (Fsp3) is 0.381. The topological polar surface area (TPSA) is 29.9 Å². The largest absolute Gasteiger partial charge is 0.332 e. The molecule has 0 spiro atoms. The van der Waals surface area contributed by atoms with Gasteiger partial charge in [-0.05, 0) is 50.1 Å². The van der Waals surface area contributed by atoms with E-state index < -0.39 is 0 Å². The third-order valence-electron chi connectivity index (χ3n) is 5.34. The van der Waals surface area contributed by atoms with Crippen molar-refractivity contribution >= 4 is 10.8 Å². The molecule has 4 heteroatoms. The van der Waals surface area contributed by atoms with Crippen LogP contribution in [-0.2, 0) is 19.5 Å². The van der Waals surface area contributed by atoms with Gasteiger partial charge in [0, 0.05) is 30.2 Å². The van der Waals surface area contributed by atoms with E-state index in [9.17, 15) is 4.39 Å². The van der Waals surface area contributed by atoms with Crippen molar-refractivity contribution in [1.82, 2.24) is 14.9 Å². The number of halogens is 1. The van der Waals surface area contributed by atoms with Crippen LogP contribution in [0.5, 0.6) is 0 Å². The predicted octanol–water partition coefficient (Wildman–Crippen LogP) is 4.67. The summed E-state index contributed by atoms with van der Waals surface area (Å²) >= 11 is 0. The van der Waals surface area contributed by atoms with Crippen molar-refractivity contribution in [3.63, 3.8) is 0 Å². The first-order valence-electron chi connectivity index (χ1n) is 9.10. The third-order valence-corrected chi connectivity index (χ3v) is 5.34. The highest BCUT2D eigenvalue weighted by Crippen LogP contribution is 2.27. The van der Waals surface area contributed by atoms with Gasteiger partial charge in [0.25, 0.3) is 0 Å². The lowest BCUT2D eigenvalue weighted by atomic mass is 9.99. The third kappa shape index (κ3) is 2.95. The van der Waals surface area contributed by atoms with Gasteiger partial charge in [-0.15, -0.1) is 0 Å². The number of nitrogens with zero attached hydrogens (tertiary/aromatic N) is 2. The smallest absolute Gasteiger partial charge is 0.131 e. The second-order valence-corrected chi connectivity index (χ2v) is 6.95. The standard InChI is InChI=1S/C21H24FN3/c1-14(16-10-11-19(22)18-8-4-3-7-17(16)18)23-13-20-21-9-5-6-12-25(21)15(2)24-20/h3-4,7-8,10-11,14,23H,5-6,9,12-13H2,1-2H3. The van der Waals surface area contributed by atoms with Gasteiger partial charge in [-0.2, -0.15) is 0 Å². The molecule has 1 aliphatic rings. The van der Waals surface area contributed by atoms with Gasteiger partial charge < -0.3 is 9.88 Å². The first-order valence-corrected chi connectivity index (χ1v) is 9.10. The van der Waals surface area contributed by atoms with Crippen LogP contribution in [0.4, 0.5) is 4.39 Å². The minimum atomic E-state index is -0.162. The number of fused-ring (bicyclic) bond motifs is 2. The van der Waals surface area contributed by atoms with Gasteiger partial charge in [0.1, 0.15) is 11.6 Å². The average Bonchev–Trinajstić information content (AvgIpc) is 2.97. The number of rotatable bonds is 4. The summed E-state index contributed by atoms with van der Waals surface area (Å²) in [4.78, 5) is 4.77. The maximum absolute atomic E-state index is 14.0. The normalized spacial score (nSPS) is 15.3. The molecular weight excluding hydrogens is 313 g/mol. The molecular formula is C21H24FN3. The Morgan fingerprint density at radius 2 is 1.96 bits per heavy atom. The molecule has 0 amide bonds. The van der Waals surface area contributed by atoms with Gasteiger partial charge in [-0.25, -0.2) is 9.37 Å². The molecule has 130 valence electrons. The first-order chi connectivity index (χ1) is 12.1. The molecule has 0 saturated carbocycles. The van der Waals surface area contributed by atoms with Crippen molar-refractivity contribution in [2.75, 3.05) is 0 Å². The van der Waals surface area contributed by atoms with Crippen LogP contribution in [0.3, 0.4) is 0 Å². The average molecular weight is 337 g/mol. The summed E-state index contributed by atoms with van der Waals surface area (Å²) in [5, 5.41) is 5.25. The van der Waals surface area contributed by atoms with E-state index in [2.05, 4.69) is 23.7 Å². The van der Waals surface area contributed by atoms with E-state index in [1.54, 1.807) is 6.07 Å². The quantitative estimate of drug-likeness (QED) is 0.750. The Morgan fingerprint density at radius 1 is 1.16 bits per heavy atom. The van der Waals surface area contributed by atoms with Gasteiger partial charge >= 0.3 is 0 Å². The lowest BCUT2D eigenvalue weighted by Gasteiger charge is -2.19. The van der Waals surface area contributed by atoms with E-state index in [1.165, 1.54) is 18.5 Å². The Hall–Kier alpha value is -2.20. The van der Waals surface area contributed by atoms with E-state index in [0.717, 1.165) is 42.0 Å². The predicted molar refractivity (Wildman–Crippen MR) is 99.1 cm³/mol. The highest BCUT2D eigenvalue weighted by Gasteiger charge is 2.18. The lowest BCUT2D eigenvalue weighted by molar-refractivity contribution is 0.513. The van der Waals surface area contributed by atoms with Crippen LogP contribution in [-0.4, -0.2) is 9.55 Å². The highest BCUT2D eigenvalue weighted by atomic mass is 19.1. The second-order valence-electron chi connectivity index (χ2n) is 6.95. The van der Waals surface area contributed by atoms with E-state index in [1.807, 2.05) is 30.3 Å². The lowest BCUT2D eigenvalue weighted by Crippen LogP contribution is -2.20. The number of imidazole rings is 1. The minimum Gasteiger partial charge on any atom is -0.332 e. The first kappa shape index (κ1) is 16.3. The SMILES string of the molecule is Cc1nc(CNC(C)c2ccc(F)c3ccccc23)c2n1CCCC2. The molecule has 1 atom stereocenters. The van der Waals surface area contributed by atoms with Crippen LogP contribution >= 0.6 is 0 Å². The van der Waals surface area contributed by atoms with Crippen LogP contribution < -0.4 is 5.32 Å². The van der Waals surface area contributed by atoms with Crippen molar-refractivity contribution in [2.24, 2.45) is 0 Å². The van der Waals surface area contributed by atoms with Crippen molar-refractivity contribution < 1.29 is 4.39 Å². The number of nitrogens with one attached hydrogen (secondary N) is 1. The Bertz CT molecular complexity index is 913. The van der Waals surface area contributed by atoms with Crippen LogP contribution in [0.15, 0.2) is 36.4 Å². The van der Waals surface area contributed by atoms with Gasteiger partial charge in [0.05, 0.1) is 5.69 Å². The molecule has 1 unspecified atom stereocenters. The van der Waals surface area contributed by atoms with E-state index >= 15 is 0 Å². The fourth-order valence-corrected chi connectivity index (χ4v) is 3.97. The maximum Gasteiger partial charge on any atom is 0.131 e. The minimum absolute atomic E-state index is 0.131. The van der Waals surface area contributed by atoms with Crippen molar-refractivity contribution in [1.29, 1.82) is 0 Å². The summed E-state index contributed by atoms with van der Waals surface area (Å²) in [6, 6.07) is 11.3.